The Labute approximate surface area is 209 Å². The van der Waals surface area contributed by atoms with Crippen molar-refractivity contribution in [2.24, 2.45) is 0 Å². The van der Waals surface area contributed by atoms with E-state index in [1.165, 1.54) is 17.7 Å². The third-order valence-corrected chi connectivity index (χ3v) is 6.81. The maximum absolute atomic E-state index is 13.4. The predicted octanol–water partition coefficient (Wildman–Crippen LogP) is 6.50. The third kappa shape index (κ3) is 4.40. The summed E-state index contributed by atoms with van der Waals surface area (Å²) < 4.78 is 19.2. The second-order valence-corrected chi connectivity index (χ2v) is 9.17. The molecule has 182 valence electrons. The van der Waals surface area contributed by atoms with Crippen LogP contribution in [0.3, 0.4) is 0 Å². The van der Waals surface area contributed by atoms with E-state index in [1.807, 2.05) is 57.2 Å². The van der Waals surface area contributed by atoms with Gasteiger partial charge in [0.05, 0.1) is 18.2 Å². The minimum absolute atomic E-state index is 0.194. The molecule has 1 aliphatic heterocycles. The number of amides is 2. The molecule has 7 heteroatoms. The Balaban J connectivity index is 1.62. The van der Waals surface area contributed by atoms with Crippen molar-refractivity contribution in [2.45, 2.75) is 40.3 Å². The Morgan fingerprint density at radius 1 is 0.944 bits per heavy atom. The van der Waals surface area contributed by atoms with Gasteiger partial charge in [0.25, 0.3) is 5.89 Å². The van der Waals surface area contributed by atoms with Crippen LogP contribution in [0, 0.1) is 26.6 Å². The molecule has 6 nitrogen and oxygen atoms in total. The predicted molar refractivity (Wildman–Crippen MR) is 136 cm³/mol. The second kappa shape index (κ2) is 9.41. The van der Waals surface area contributed by atoms with E-state index in [2.05, 4.69) is 28.4 Å². The lowest BCUT2D eigenvalue weighted by atomic mass is 9.92. The molecule has 1 N–H and O–H groups in total. The number of allylic oxidation sites excluding steroid dienone is 1. The van der Waals surface area contributed by atoms with Crippen LogP contribution in [0.1, 0.15) is 46.7 Å². The van der Waals surface area contributed by atoms with Crippen molar-refractivity contribution >= 4 is 11.6 Å². The molecule has 2 amide bonds. The molecule has 36 heavy (non-hydrogen) atoms. The van der Waals surface area contributed by atoms with Crippen molar-refractivity contribution in [1.29, 1.82) is 0 Å². The van der Waals surface area contributed by atoms with Gasteiger partial charge in [0.1, 0.15) is 5.82 Å². The molecule has 0 spiro atoms. The first-order valence-corrected chi connectivity index (χ1v) is 11.8. The van der Waals surface area contributed by atoms with Gasteiger partial charge in [-0.25, -0.2) is 9.18 Å². The van der Waals surface area contributed by atoms with Gasteiger partial charge in [-0.1, -0.05) is 47.6 Å². The number of urea groups is 1. The summed E-state index contributed by atoms with van der Waals surface area (Å²) in [5.74, 6) is 0.328. The van der Waals surface area contributed by atoms with Gasteiger partial charge in [-0.05, 0) is 79.8 Å². The van der Waals surface area contributed by atoms with Crippen LogP contribution in [0.25, 0.3) is 17.0 Å². The average molecular weight is 483 g/mol. The molecule has 0 fully saturated rings. The zero-order valence-corrected chi connectivity index (χ0v) is 20.7. The first-order chi connectivity index (χ1) is 17.3. The highest BCUT2D eigenvalue weighted by Crippen LogP contribution is 2.38. The molecule has 1 unspecified atom stereocenters. The fourth-order valence-corrected chi connectivity index (χ4v) is 4.45. The number of carbonyl (C=O) groups is 1. The van der Waals surface area contributed by atoms with Crippen LogP contribution in [-0.4, -0.2) is 21.1 Å². The third-order valence-electron chi connectivity index (χ3n) is 6.81. The van der Waals surface area contributed by atoms with Crippen molar-refractivity contribution in [3.8, 4) is 11.4 Å². The van der Waals surface area contributed by atoms with Gasteiger partial charge in [0.2, 0.25) is 5.82 Å². The zero-order valence-electron chi connectivity index (χ0n) is 20.7. The van der Waals surface area contributed by atoms with E-state index in [0.717, 1.165) is 33.5 Å². The summed E-state index contributed by atoms with van der Waals surface area (Å²) in [7, 11) is 0. The fourth-order valence-electron chi connectivity index (χ4n) is 4.45. The van der Waals surface area contributed by atoms with Crippen molar-refractivity contribution in [3.63, 3.8) is 0 Å². The lowest BCUT2D eigenvalue weighted by molar-refractivity contribution is 0.203. The van der Waals surface area contributed by atoms with Gasteiger partial charge >= 0.3 is 6.03 Å². The number of nitrogens with zero attached hydrogens (tertiary/aromatic N) is 3. The van der Waals surface area contributed by atoms with Crippen LogP contribution in [0.5, 0.6) is 0 Å². The van der Waals surface area contributed by atoms with E-state index in [4.69, 9.17) is 4.52 Å². The van der Waals surface area contributed by atoms with E-state index in [0.29, 0.717) is 23.8 Å². The summed E-state index contributed by atoms with van der Waals surface area (Å²) in [6, 6.07) is 19.4. The Hall–Kier alpha value is -4.26. The van der Waals surface area contributed by atoms with Crippen molar-refractivity contribution in [2.75, 3.05) is 0 Å². The standard InChI is InChI=1S/C29H27FN4O2/c1-17-9-10-22(15-19(17)3)26-25(28-32-27(33-36-28)21-11-13-24(30)14-12-21)20(4)34(29(35)31-26)16-23-8-6-5-7-18(23)2/h5-15,26H,16H2,1-4H3,(H,31,35). The highest BCUT2D eigenvalue weighted by atomic mass is 19.1. The number of halogens is 1. The van der Waals surface area contributed by atoms with Crippen LogP contribution in [0.15, 0.2) is 77.0 Å². The Bertz CT molecular complexity index is 1470. The lowest BCUT2D eigenvalue weighted by Crippen LogP contribution is -2.45. The van der Waals surface area contributed by atoms with Crippen molar-refractivity contribution < 1.29 is 13.7 Å². The second-order valence-electron chi connectivity index (χ2n) is 9.17. The molecule has 5 rings (SSSR count). The topological polar surface area (TPSA) is 71.3 Å². The van der Waals surface area contributed by atoms with Crippen LogP contribution in [0.2, 0.25) is 0 Å². The van der Waals surface area contributed by atoms with Crippen molar-refractivity contribution in [1.82, 2.24) is 20.4 Å². The van der Waals surface area contributed by atoms with E-state index >= 15 is 0 Å². The summed E-state index contributed by atoms with van der Waals surface area (Å²) in [5.41, 5.74) is 7.48. The van der Waals surface area contributed by atoms with Crippen molar-refractivity contribution in [3.05, 3.63) is 112 Å². The van der Waals surface area contributed by atoms with Crippen LogP contribution in [0.4, 0.5) is 9.18 Å². The fraction of sp³-hybridized carbons (Fsp3) is 0.207. The number of aromatic nitrogens is 2. The van der Waals surface area contributed by atoms with Gasteiger partial charge in [0.15, 0.2) is 0 Å². The van der Waals surface area contributed by atoms with E-state index < -0.39 is 6.04 Å². The molecule has 1 aliphatic rings. The van der Waals surface area contributed by atoms with E-state index in [-0.39, 0.29) is 11.8 Å². The number of aryl methyl sites for hydroxylation is 3. The number of nitrogens with one attached hydrogen (secondary N) is 1. The minimum atomic E-state index is -0.466. The highest BCUT2D eigenvalue weighted by Gasteiger charge is 2.36. The number of hydrogen-bond acceptors (Lipinski definition) is 4. The summed E-state index contributed by atoms with van der Waals surface area (Å²) in [4.78, 5) is 19.7. The Morgan fingerprint density at radius 3 is 2.42 bits per heavy atom. The molecule has 0 aliphatic carbocycles. The number of carbonyl (C=O) groups excluding carboxylic acids is 1. The molecule has 0 radical (unpaired) electrons. The molecule has 3 aromatic carbocycles. The molecule has 2 heterocycles. The van der Waals surface area contributed by atoms with Gasteiger partial charge < -0.3 is 9.84 Å². The van der Waals surface area contributed by atoms with E-state index in [1.54, 1.807) is 17.0 Å². The summed E-state index contributed by atoms with van der Waals surface area (Å²) in [6.07, 6.45) is 0. The molecule has 0 bridgehead atoms. The van der Waals surface area contributed by atoms with Crippen LogP contribution in [-0.2, 0) is 6.54 Å². The molecule has 0 saturated heterocycles. The van der Waals surface area contributed by atoms with Gasteiger partial charge in [-0.3, -0.25) is 4.90 Å². The molecular weight excluding hydrogens is 455 g/mol. The largest absolute Gasteiger partial charge is 0.334 e. The van der Waals surface area contributed by atoms with Crippen LogP contribution >= 0.6 is 0 Å². The Morgan fingerprint density at radius 2 is 1.69 bits per heavy atom. The maximum Gasteiger partial charge on any atom is 0.322 e. The van der Waals surface area contributed by atoms with Gasteiger partial charge in [-0.2, -0.15) is 4.98 Å². The first-order valence-electron chi connectivity index (χ1n) is 11.8. The normalized spacial score (nSPS) is 15.9. The molecule has 0 saturated carbocycles. The maximum atomic E-state index is 13.4. The quantitative estimate of drug-likeness (QED) is 0.353. The summed E-state index contributed by atoms with van der Waals surface area (Å²) in [6.45, 7) is 8.44. The highest BCUT2D eigenvalue weighted by molar-refractivity contribution is 5.87. The SMILES string of the molecule is CC1=C(c2nc(-c3ccc(F)cc3)no2)C(c2ccc(C)c(C)c2)NC(=O)N1Cc1ccccc1C. The van der Waals surface area contributed by atoms with Gasteiger partial charge in [0, 0.05) is 11.3 Å². The average Bonchev–Trinajstić information content (AvgIpc) is 3.34. The summed E-state index contributed by atoms with van der Waals surface area (Å²) in [5, 5.41) is 7.31. The van der Waals surface area contributed by atoms with Gasteiger partial charge in [-0.15, -0.1) is 0 Å². The Kier molecular flexibility index (Phi) is 6.14. The first kappa shape index (κ1) is 23.5. The monoisotopic (exact) mass is 482 g/mol. The number of benzene rings is 3. The van der Waals surface area contributed by atoms with Crippen LogP contribution < -0.4 is 5.32 Å². The molecular formula is C29H27FN4O2. The van der Waals surface area contributed by atoms with E-state index in [9.17, 15) is 9.18 Å². The summed E-state index contributed by atoms with van der Waals surface area (Å²) >= 11 is 0. The number of hydrogen-bond donors (Lipinski definition) is 1. The molecule has 1 aromatic heterocycles. The molecule has 1 atom stereocenters. The smallest absolute Gasteiger partial charge is 0.322 e. The molecule has 4 aromatic rings. The minimum Gasteiger partial charge on any atom is -0.334 e. The zero-order chi connectivity index (χ0) is 25.4. The number of rotatable bonds is 5. The lowest BCUT2D eigenvalue weighted by Gasteiger charge is -2.35.